The first kappa shape index (κ1) is 24.7. The quantitative estimate of drug-likeness (QED) is 0.329. The summed E-state index contributed by atoms with van der Waals surface area (Å²) in [6.45, 7) is 2.38. The summed E-state index contributed by atoms with van der Waals surface area (Å²) in [5.74, 6) is -1.63. The molecule has 0 atom stereocenters. The highest BCUT2D eigenvalue weighted by molar-refractivity contribution is 6.53. The topological polar surface area (TPSA) is 118 Å². The zero-order valence-electron chi connectivity index (χ0n) is 19.2. The van der Waals surface area contributed by atoms with Crippen molar-refractivity contribution in [3.05, 3.63) is 94.5 Å². The second kappa shape index (κ2) is 10.9. The number of nitrogens with one attached hydrogen (secondary N) is 2. The first-order chi connectivity index (χ1) is 17.4. The van der Waals surface area contributed by atoms with Crippen molar-refractivity contribution in [3.8, 4) is 0 Å². The molecule has 1 aromatic heterocycles. The third-order valence-corrected chi connectivity index (χ3v) is 5.57. The van der Waals surface area contributed by atoms with Gasteiger partial charge in [-0.2, -0.15) is 0 Å². The smallest absolute Gasteiger partial charge is 0.338 e. The fourth-order valence-electron chi connectivity index (χ4n) is 3.43. The van der Waals surface area contributed by atoms with Gasteiger partial charge in [0.1, 0.15) is 16.5 Å². The van der Waals surface area contributed by atoms with Crippen LogP contribution < -0.4 is 15.5 Å². The number of anilines is 2. The fraction of sp³-hybridized carbons (Fsp3) is 0.154. The summed E-state index contributed by atoms with van der Waals surface area (Å²) in [6.07, 6.45) is 2.19. The lowest BCUT2D eigenvalue weighted by atomic mass is 10.2. The molecule has 0 aliphatic carbocycles. The highest BCUT2D eigenvalue weighted by Gasteiger charge is 2.39. The van der Waals surface area contributed by atoms with E-state index in [1.165, 1.54) is 24.5 Å². The lowest BCUT2D eigenvalue weighted by Crippen LogP contribution is -2.32. The van der Waals surface area contributed by atoms with Crippen LogP contribution in [0.15, 0.2) is 82.1 Å². The molecule has 10 heteroatoms. The van der Waals surface area contributed by atoms with E-state index < -0.39 is 17.8 Å². The van der Waals surface area contributed by atoms with Gasteiger partial charge in [-0.1, -0.05) is 24.6 Å². The molecule has 184 valence electrons. The Morgan fingerprint density at radius 3 is 2.47 bits per heavy atom. The maximum Gasteiger partial charge on any atom is 0.338 e. The fourth-order valence-corrected chi connectivity index (χ4v) is 3.64. The van der Waals surface area contributed by atoms with Gasteiger partial charge < -0.3 is 19.8 Å². The summed E-state index contributed by atoms with van der Waals surface area (Å²) in [4.78, 5) is 51.3. The van der Waals surface area contributed by atoms with Crippen LogP contribution in [0.4, 0.5) is 11.4 Å². The molecule has 0 unspecified atom stereocenters. The Balaban J connectivity index is 1.44. The number of hydrogen-bond acceptors (Lipinski definition) is 7. The maximum atomic E-state index is 13.1. The van der Waals surface area contributed by atoms with Crippen molar-refractivity contribution in [1.29, 1.82) is 0 Å². The van der Waals surface area contributed by atoms with Gasteiger partial charge in [0.15, 0.2) is 0 Å². The molecule has 36 heavy (non-hydrogen) atoms. The van der Waals surface area contributed by atoms with Crippen molar-refractivity contribution < 1.29 is 28.3 Å². The van der Waals surface area contributed by atoms with Gasteiger partial charge >= 0.3 is 5.97 Å². The van der Waals surface area contributed by atoms with Gasteiger partial charge in [-0.3, -0.25) is 14.4 Å². The Morgan fingerprint density at radius 1 is 1.00 bits per heavy atom. The number of halogens is 1. The van der Waals surface area contributed by atoms with Gasteiger partial charge in [0.25, 0.3) is 17.7 Å². The van der Waals surface area contributed by atoms with Gasteiger partial charge in [-0.05, 0) is 61.0 Å². The summed E-state index contributed by atoms with van der Waals surface area (Å²) in [7, 11) is 0. The van der Waals surface area contributed by atoms with E-state index in [4.69, 9.17) is 20.8 Å². The van der Waals surface area contributed by atoms with E-state index in [1.54, 1.807) is 42.5 Å². The number of carbonyl (C=O) groups is 4. The number of hydrogen-bond donors (Lipinski definition) is 2. The lowest BCUT2D eigenvalue weighted by molar-refractivity contribution is -0.120. The number of nitrogens with zero attached hydrogens (tertiary/aromatic N) is 1. The van der Waals surface area contributed by atoms with Crippen LogP contribution in [0.5, 0.6) is 0 Å². The number of benzene rings is 2. The summed E-state index contributed by atoms with van der Waals surface area (Å²) in [5.41, 5.74) is 1.13. The molecule has 1 aliphatic rings. The van der Waals surface area contributed by atoms with Crippen molar-refractivity contribution in [2.45, 2.75) is 19.9 Å². The van der Waals surface area contributed by atoms with Crippen molar-refractivity contribution in [2.24, 2.45) is 0 Å². The van der Waals surface area contributed by atoms with Crippen LogP contribution in [0.25, 0.3) is 0 Å². The molecule has 0 spiro atoms. The van der Waals surface area contributed by atoms with Gasteiger partial charge in [-0.15, -0.1) is 0 Å². The second-order valence-electron chi connectivity index (χ2n) is 7.79. The van der Waals surface area contributed by atoms with Crippen LogP contribution in [0, 0.1) is 0 Å². The standard InChI is InChI=1S/C26H22ClN3O6/c1-2-12-36-26(34)17-5-3-6-19(14-17)30-24(32)21(27)22(25(30)33)29-18-10-8-16(9-11-18)23(31)28-15-20-7-4-13-35-20/h3-11,13-14,29H,2,12,15H2,1H3,(H,28,31). The Bertz CT molecular complexity index is 1330. The Labute approximate surface area is 211 Å². The van der Waals surface area contributed by atoms with Crippen LogP contribution in [0.2, 0.25) is 0 Å². The minimum Gasteiger partial charge on any atom is -0.467 e. The normalized spacial score (nSPS) is 13.2. The number of furan rings is 1. The van der Waals surface area contributed by atoms with E-state index >= 15 is 0 Å². The molecule has 2 aromatic carbocycles. The molecule has 0 bridgehead atoms. The van der Waals surface area contributed by atoms with E-state index in [0.29, 0.717) is 23.4 Å². The lowest BCUT2D eigenvalue weighted by Gasteiger charge is -2.16. The molecular formula is C26H22ClN3O6. The van der Waals surface area contributed by atoms with Crippen molar-refractivity contribution in [1.82, 2.24) is 5.32 Å². The predicted octanol–water partition coefficient (Wildman–Crippen LogP) is 4.21. The monoisotopic (exact) mass is 507 g/mol. The van der Waals surface area contributed by atoms with E-state index in [1.807, 2.05) is 6.92 Å². The van der Waals surface area contributed by atoms with Gasteiger partial charge in [0.2, 0.25) is 0 Å². The SMILES string of the molecule is CCCOC(=O)c1cccc(N2C(=O)C(Cl)=C(Nc3ccc(C(=O)NCc4ccco4)cc3)C2=O)c1. The van der Waals surface area contributed by atoms with Crippen LogP contribution >= 0.6 is 11.6 Å². The van der Waals surface area contributed by atoms with Crippen LogP contribution in [0.3, 0.4) is 0 Å². The van der Waals surface area contributed by atoms with Crippen LogP contribution in [-0.2, 0) is 20.9 Å². The number of esters is 1. The molecule has 3 aromatic rings. The maximum absolute atomic E-state index is 13.1. The van der Waals surface area contributed by atoms with Crippen LogP contribution in [0.1, 0.15) is 39.8 Å². The average molecular weight is 508 g/mol. The first-order valence-corrected chi connectivity index (χ1v) is 11.5. The number of amides is 3. The Hall–Kier alpha value is -4.37. The molecule has 4 rings (SSSR count). The summed E-state index contributed by atoms with van der Waals surface area (Å²) in [5, 5.41) is 5.30. The third kappa shape index (κ3) is 5.31. The molecule has 9 nitrogen and oxygen atoms in total. The Morgan fingerprint density at radius 2 is 1.78 bits per heavy atom. The van der Waals surface area contributed by atoms with E-state index in [2.05, 4.69) is 10.6 Å². The van der Waals surface area contributed by atoms with Crippen LogP contribution in [-0.4, -0.2) is 30.3 Å². The van der Waals surface area contributed by atoms with Gasteiger partial charge in [0, 0.05) is 11.3 Å². The molecule has 3 amide bonds. The van der Waals surface area contributed by atoms with Crippen molar-refractivity contribution in [3.63, 3.8) is 0 Å². The molecular weight excluding hydrogens is 486 g/mol. The highest BCUT2D eigenvalue weighted by Crippen LogP contribution is 2.30. The minimum absolute atomic E-state index is 0.115. The number of imide groups is 1. The number of carbonyl (C=O) groups excluding carboxylic acids is 4. The molecule has 2 heterocycles. The average Bonchev–Trinajstić information content (AvgIpc) is 3.49. The zero-order valence-corrected chi connectivity index (χ0v) is 20.0. The molecule has 0 saturated heterocycles. The minimum atomic E-state index is -0.725. The largest absolute Gasteiger partial charge is 0.467 e. The van der Waals surface area contributed by atoms with E-state index in [0.717, 1.165) is 4.90 Å². The summed E-state index contributed by atoms with van der Waals surface area (Å²) >= 11 is 6.20. The molecule has 0 fully saturated rings. The summed E-state index contributed by atoms with van der Waals surface area (Å²) < 4.78 is 10.3. The molecule has 0 radical (unpaired) electrons. The summed E-state index contributed by atoms with van der Waals surface area (Å²) in [6, 6.07) is 15.8. The van der Waals surface area contributed by atoms with Crippen molar-refractivity contribution in [2.75, 3.05) is 16.8 Å². The first-order valence-electron chi connectivity index (χ1n) is 11.1. The number of ether oxygens (including phenoxy) is 1. The van der Waals surface area contributed by atoms with Crippen molar-refractivity contribution >= 4 is 46.7 Å². The van der Waals surface area contributed by atoms with E-state index in [-0.39, 0.29) is 41.0 Å². The molecule has 0 saturated carbocycles. The highest BCUT2D eigenvalue weighted by atomic mass is 35.5. The second-order valence-corrected chi connectivity index (χ2v) is 8.16. The zero-order chi connectivity index (χ0) is 25.7. The van der Waals surface area contributed by atoms with E-state index in [9.17, 15) is 19.2 Å². The molecule has 2 N–H and O–H groups in total. The number of rotatable bonds is 9. The molecule has 1 aliphatic heterocycles. The van der Waals surface area contributed by atoms with Gasteiger partial charge in [0.05, 0.1) is 30.7 Å². The van der Waals surface area contributed by atoms with Gasteiger partial charge in [-0.25, -0.2) is 9.69 Å². The predicted molar refractivity (Wildman–Crippen MR) is 132 cm³/mol. The Kier molecular flexibility index (Phi) is 7.50. The third-order valence-electron chi connectivity index (χ3n) is 5.22.